The maximum Gasteiger partial charge on any atom is 0.250 e. The maximum absolute atomic E-state index is 10.5. The van der Waals surface area contributed by atoms with Gasteiger partial charge in [0.2, 0.25) is 5.91 Å². The minimum absolute atomic E-state index is 0.328. The summed E-state index contributed by atoms with van der Waals surface area (Å²) in [6.45, 7) is 0. The van der Waals surface area contributed by atoms with E-state index in [9.17, 15) is 4.79 Å². The van der Waals surface area contributed by atoms with Gasteiger partial charge in [0.1, 0.15) is 0 Å². The Hall–Kier alpha value is -1.65. The third-order valence-electron chi connectivity index (χ3n) is 0.932. The van der Waals surface area contributed by atoms with Crippen molar-refractivity contribution >= 4 is 18.3 Å². The van der Waals surface area contributed by atoms with Gasteiger partial charge in [-0.05, 0) is 6.08 Å². The molecule has 0 saturated carbocycles. The zero-order valence-electron chi connectivity index (χ0n) is 5.11. The first-order valence-electron chi connectivity index (χ1n) is 2.62. The molecule has 0 fully saturated rings. The molecule has 0 bridgehead atoms. The monoisotopic (exact) mass is 138 g/mol. The first kappa shape index (κ1) is 6.47. The van der Waals surface area contributed by atoms with Gasteiger partial charge in [0, 0.05) is 6.21 Å². The number of carbonyl (C=O) groups excluding carboxylic acids is 1. The van der Waals surface area contributed by atoms with E-state index in [1.54, 1.807) is 0 Å². The highest BCUT2D eigenvalue weighted by atomic mass is 16.1. The third kappa shape index (κ3) is 1.41. The van der Waals surface area contributed by atoms with E-state index in [1.165, 1.54) is 18.5 Å². The van der Waals surface area contributed by atoms with Crippen molar-refractivity contribution in [2.45, 2.75) is 0 Å². The normalized spacial score (nSPS) is 15.4. The lowest BCUT2D eigenvalue weighted by Crippen LogP contribution is -2.14. The molecule has 10 heavy (non-hydrogen) atoms. The summed E-state index contributed by atoms with van der Waals surface area (Å²) >= 11 is 0. The largest absolute Gasteiger partial charge is 0.366 e. The number of hydrogen-bond acceptors (Lipinski definition) is 4. The molecule has 1 heterocycles. The van der Waals surface area contributed by atoms with E-state index in [1.807, 2.05) is 0 Å². The standard InChI is InChI=1S/C5H6N4O/c6-5(10)4-1-2-7-9-8-3-4/h1-3,9H,(H2,6,10). The Morgan fingerprint density at radius 3 is 3.10 bits per heavy atom. The summed E-state index contributed by atoms with van der Waals surface area (Å²) in [5, 5.41) is 7.08. The van der Waals surface area contributed by atoms with Crippen LogP contribution in [-0.2, 0) is 4.79 Å². The quantitative estimate of drug-likeness (QED) is 0.486. The number of hydrogen-bond donors (Lipinski definition) is 2. The lowest BCUT2D eigenvalue weighted by Gasteiger charge is -1.87. The van der Waals surface area contributed by atoms with E-state index in [2.05, 4.69) is 15.7 Å². The van der Waals surface area contributed by atoms with Crippen LogP contribution in [0.1, 0.15) is 0 Å². The number of rotatable bonds is 1. The lowest BCUT2D eigenvalue weighted by atomic mass is 10.3. The molecule has 5 heteroatoms. The van der Waals surface area contributed by atoms with Crippen molar-refractivity contribution in [3.05, 3.63) is 11.6 Å². The number of allylic oxidation sites excluding steroid dienone is 1. The second-order valence-corrected chi connectivity index (χ2v) is 1.62. The summed E-state index contributed by atoms with van der Waals surface area (Å²) in [5.41, 5.74) is 7.59. The fraction of sp³-hybridized carbons (Fsp3) is 0. The van der Waals surface area contributed by atoms with E-state index in [0.29, 0.717) is 5.57 Å². The second kappa shape index (κ2) is 2.77. The summed E-state index contributed by atoms with van der Waals surface area (Å²) < 4.78 is 0. The number of primary amides is 1. The number of nitrogens with one attached hydrogen (secondary N) is 1. The fourth-order valence-electron chi connectivity index (χ4n) is 0.471. The van der Waals surface area contributed by atoms with Crippen molar-refractivity contribution < 1.29 is 4.79 Å². The average Bonchev–Trinajstić information content (AvgIpc) is 2.12. The van der Waals surface area contributed by atoms with Crippen LogP contribution in [0.25, 0.3) is 0 Å². The molecule has 52 valence electrons. The minimum Gasteiger partial charge on any atom is -0.366 e. The Kier molecular flexibility index (Phi) is 1.79. The first-order chi connectivity index (χ1) is 4.80. The van der Waals surface area contributed by atoms with Gasteiger partial charge in [0.25, 0.3) is 0 Å². The highest BCUT2D eigenvalue weighted by molar-refractivity contribution is 6.14. The van der Waals surface area contributed by atoms with Crippen LogP contribution in [0.2, 0.25) is 0 Å². The SMILES string of the molecule is NC(=O)C1=CC=NNN=C1. The predicted molar refractivity (Wildman–Crippen MR) is 37.4 cm³/mol. The van der Waals surface area contributed by atoms with E-state index in [0.717, 1.165) is 0 Å². The summed E-state index contributed by atoms with van der Waals surface area (Å²) in [7, 11) is 0. The molecular weight excluding hydrogens is 132 g/mol. The Labute approximate surface area is 57.3 Å². The van der Waals surface area contributed by atoms with Gasteiger partial charge in [-0.15, -0.1) is 0 Å². The molecular formula is C5H6N4O. The van der Waals surface area contributed by atoms with Gasteiger partial charge in [-0.3, -0.25) is 4.79 Å². The Balaban J connectivity index is 2.83. The van der Waals surface area contributed by atoms with Crippen LogP contribution >= 0.6 is 0 Å². The molecule has 0 radical (unpaired) electrons. The molecule has 1 amide bonds. The molecule has 1 aliphatic rings. The molecule has 0 aromatic rings. The minimum atomic E-state index is -0.515. The number of nitrogens with zero attached hydrogens (tertiary/aromatic N) is 2. The van der Waals surface area contributed by atoms with Crippen LogP contribution in [0.3, 0.4) is 0 Å². The van der Waals surface area contributed by atoms with Gasteiger partial charge in [0.05, 0.1) is 11.8 Å². The summed E-state index contributed by atoms with van der Waals surface area (Å²) in [6, 6.07) is 0. The van der Waals surface area contributed by atoms with Crippen LogP contribution in [0, 0.1) is 0 Å². The Bertz CT molecular complexity index is 228. The van der Waals surface area contributed by atoms with Crippen LogP contribution < -0.4 is 11.3 Å². The van der Waals surface area contributed by atoms with Crippen molar-refractivity contribution in [1.29, 1.82) is 0 Å². The van der Waals surface area contributed by atoms with E-state index < -0.39 is 5.91 Å². The molecule has 1 rings (SSSR count). The van der Waals surface area contributed by atoms with Crippen molar-refractivity contribution in [2.75, 3.05) is 0 Å². The second-order valence-electron chi connectivity index (χ2n) is 1.62. The van der Waals surface area contributed by atoms with Gasteiger partial charge in [0.15, 0.2) is 0 Å². The predicted octanol–water partition coefficient (Wildman–Crippen LogP) is -1.03. The number of hydrazone groups is 2. The van der Waals surface area contributed by atoms with Crippen LogP contribution in [-0.4, -0.2) is 18.3 Å². The zero-order valence-corrected chi connectivity index (χ0v) is 5.11. The zero-order chi connectivity index (χ0) is 7.40. The van der Waals surface area contributed by atoms with Crippen LogP contribution in [0.4, 0.5) is 0 Å². The van der Waals surface area contributed by atoms with Gasteiger partial charge >= 0.3 is 0 Å². The third-order valence-corrected chi connectivity index (χ3v) is 0.932. The summed E-state index contributed by atoms with van der Waals surface area (Å²) in [5.74, 6) is -0.515. The first-order valence-corrected chi connectivity index (χ1v) is 2.62. The Morgan fingerprint density at radius 1 is 1.60 bits per heavy atom. The number of nitrogens with two attached hydrogens (primary N) is 1. The molecule has 0 atom stereocenters. The van der Waals surface area contributed by atoms with E-state index in [-0.39, 0.29) is 0 Å². The van der Waals surface area contributed by atoms with Crippen LogP contribution in [0.5, 0.6) is 0 Å². The van der Waals surface area contributed by atoms with Crippen molar-refractivity contribution in [1.82, 2.24) is 5.53 Å². The topological polar surface area (TPSA) is 79.8 Å². The average molecular weight is 138 g/mol. The van der Waals surface area contributed by atoms with Crippen LogP contribution in [0.15, 0.2) is 21.9 Å². The van der Waals surface area contributed by atoms with Crippen molar-refractivity contribution in [2.24, 2.45) is 15.9 Å². The highest BCUT2D eigenvalue weighted by Gasteiger charge is 1.99. The van der Waals surface area contributed by atoms with E-state index in [4.69, 9.17) is 5.73 Å². The Morgan fingerprint density at radius 2 is 2.40 bits per heavy atom. The number of amides is 1. The molecule has 0 unspecified atom stereocenters. The maximum atomic E-state index is 10.5. The van der Waals surface area contributed by atoms with Gasteiger partial charge in [-0.1, -0.05) is 0 Å². The molecule has 1 aliphatic heterocycles. The number of carbonyl (C=O) groups is 1. The lowest BCUT2D eigenvalue weighted by molar-refractivity contribution is -0.114. The highest BCUT2D eigenvalue weighted by Crippen LogP contribution is 1.88. The molecule has 0 aromatic heterocycles. The van der Waals surface area contributed by atoms with Gasteiger partial charge in [-0.2, -0.15) is 15.7 Å². The smallest absolute Gasteiger partial charge is 0.250 e. The van der Waals surface area contributed by atoms with E-state index >= 15 is 0 Å². The molecule has 0 aromatic carbocycles. The molecule has 0 spiro atoms. The summed E-state index contributed by atoms with van der Waals surface area (Å²) in [6.07, 6.45) is 4.20. The van der Waals surface area contributed by atoms with Crippen molar-refractivity contribution in [3.8, 4) is 0 Å². The fourth-order valence-corrected chi connectivity index (χ4v) is 0.471. The van der Waals surface area contributed by atoms with Gasteiger partial charge < -0.3 is 5.73 Å². The van der Waals surface area contributed by atoms with Gasteiger partial charge in [-0.25, -0.2) is 0 Å². The molecule has 3 N–H and O–H groups in total. The molecule has 0 saturated heterocycles. The molecule has 0 aliphatic carbocycles. The summed E-state index contributed by atoms with van der Waals surface area (Å²) in [4.78, 5) is 10.5. The van der Waals surface area contributed by atoms with Crippen molar-refractivity contribution in [3.63, 3.8) is 0 Å². The molecule has 5 nitrogen and oxygen atoms in total.